The van der Waals surface area contributed by atoms with Crippen molar-refractivity contribution in [2.75, 3.05) is 11.9 Å². The number of carbonyl (C=O) groups excluding carboxylic acids is 2. The third kappa shape index (κ3) is 5.82. The lowest BCUT2D eigenvalue weighted by atomic mass is 10.1. The van der Waals surface area contributed by atoms with E-state index in [1.807, 2.05) is 80.1 Å². The number of hydrogen-bond donors (Lipinski definition) is 1. The third-order valence-electron chi connectivity index (χ3n) is 5.58. The molecule has 2 aromatic carbocycles. The normalized spacial score (nSPS) is 13.2. The molecule has 2 amide bonds. The maximum absolute atomic E-state index is 13.0. The van der Waals surface area contributed by atoms with E-state index in [-0.39, 0.29) is 30.3 Å². The molecule has 0 radical (unpaired) electrons. The number of rotatable bonds is 8. The Morgan fingerprint density at radius 2 is 1.91 bits per heavy atom. The highest BCUT2D eigenvalue weighted by atomic mass is 35.5. The van der Waals surface area contributed by atoms with E-state index in [2.05, 4.69) is 5.32 Å². The lowest BCUT2D eigenvalue weighted by Crippen LogP contribution is -2.40. The van der Waals surface area contributed by atoms with E-state index in [9.17, 15) is 9.59 Å². The smallest absolute Gasteiger partial charge is 0.246 e. The average Bonchev–Trinajstić information content (AvgIpc) is 3.52. The molecular weight excluding hydrogens is 436 g/mol. The summed E-state index contributed by atoms with van der Waals surface area (Å²) in [5.74, 6) is 0.458. The Morgan fingerprint density at radius 3 is 2.55 bits per heavy atom. The second-order valence-corrected chi connectivity index (χ2v) is 9.50. The highest BCUT2D eigenvalue weighted by Crippen LogP contribution is 2.29. The van der Waals surface area contributed by atoms with Crippen LogP contribution in [0.5, 0.6) is 0 Å². The highest BCUT2D eigenvalue weighted by molar-refractivity contribution is 6.30. The van der Waals surface area contributed by atoms with Crippen LogP contribution in [-0.2, 0) is 9.59 Å². The van der Waals surface area contributed by atoms with E-state index >= 15 is 0 Å². The van der Waals surface area contributed by atoms with Gasteiger partial charge in [0.05, 0.1) is 5.69 Å². The molecule has 1 N–H and O–H groups in total. The lowest BCUT2D eigenvalue weighted by Gasteiger charge is -2.22. The molecule has 0 atom stereocenters. The monoisotopic (exact) mass is 464 g/mol. The van der Waals surface area contributed by atoms with Crippen LogP contribution >= 0.6 is 11.6 Å². The molecule has 1 fully saturated rings. The molecule has 1 saturated carbocycles. The predicted molar refractivity (Wildman–Crippen MR) is 132 cm³/mol. The number of nitrogens with one attached hydrogen (secondary N) is 1. The average molecular weight is 465 g/mol. The number of hydrogen-bond acceptors (Lipinski definition) is 3. The summed E-state index contributed by atoms with van der Waals surface area (Å²) >= 11 is 6.04. The number of amides is 2. The number of halogens is 1. The van der Waals surface area contributed by atoms with E-state index in [1.165, 1.54) is 0 Å². The van der Waals surface area contributed by atoms with Crippen molar-refractivity contribution >= 4 is 29.4 Å². The van der Waals surface area contributed by atoms with Gasteiger partial charge in [-0.15, -0.1) is 0 Å². The molecule has 0 saturated heterocycles. The molecule has 0 aliphatic heterocycles. The van der Waals surface area contributed by atoms with Crippen molar-refractivity contribution in [3.63, 3.8) is 0 Å². The molecule has 172 valence electrons. The van der Waals surface area contributed by atoms with Crippen LogP contribution in [0, 0.1) is 12.8 Å². The van der Waals surface area contributed by atoms with E-state index in [0.717, 1.165) is 35.3 Å². The maximum Gasteiger partial charge on any atom is 0.246 e. The Hall–Kier alpha value is -3.12. The topological polar surface area (TPSA) is 67.2 Å². The van der Waals surface area contributed by atoms with Gasteiger partial charge in [-0.25, -0.2) is 4.98 Å². The first-order valence-corrected chi connectivity index (χ1v) is 11.7. The minimum atomic E-state index is -0.249. The van der Waals surface area contributed by atoms with Crippen LogP contribution in [0.15, 0.2) is 54.7 Å². The Bertz CT molecular complexity index is 1150. The summed E-state index contributed by atoms with van der Waals surface area (Å²) in [6, 6.07) is 15.6. The van der Waals surface area contributed by atoms with E-state index < -0.39 is 0 Å². The summed E-state index contributed by atoms with van der Waals surface area (Å²) in [5.41, 5.74) is 3.62. The number of anilines is 1. The summed E-state index contributed by atoms with van der Waals surface area (Å²) in [5, 5.41) is 3.59. The Balaban J connectivity index is 1.60. The molecule has 7 heteroatoms. The second-order valence-electron chi connectivity index (χ2n) is 9.06. The van der Waals surface area contributed by atoms with Crippen LogP contribution in [-0.4, -0.2) is 38.9 Å². The molecule has 33 heavy (non-hydrogen) atoms. The molecule has 0 spiro atoms. The van der Waals surface area contributed by atoms with Gasteiger partial charge in [-0.05, 0) is 55.5 Å². The van der Waals surface area contributed by atoms with Gasteiger partial charge in [0.2, 0.25) is 17.8 Å². The molecule has 0 unspecified atom stereocenters. The molecule has 0 bridgehead atoms. The van der Waals surface area contributed by atoms with Gasteiger partial charge < -0.3 is 4.90 Å². The zero-order valence-electron chi connectivity index (χ0n) is 19.2. The fraction of sp³-hybridized carbons (Fsp3) is 0.346. The van der Waals surface area contributed by atoms with Crippen molar-refractivity contribution in [2.45, 2.75) is 46.1 Å². The Labute approximate surface area is 199 Å². The fourth-order valence-electron chi connectivity index (χ4n) is 3.80. The molecule has 1 heterocycles. The van der Waals surface area contributed by atoms with Crippen molar-refractivity contribution in [3.05, 3.63) is 65.3 Å². The second kappa shape index (κ2) is 9.79. The largest absolute Gasteiger partial charge is 0.330 e. The Kier molecular flexibility index (Phi) is 6.84. The van der Waals surface area contributed by atoms with Crippen LogP contribution in [0.2, 0.25) is 5.02 Å². The van der Waals surface area contributed by atoms with E-state index in [0.29, 0.717) is 17.4 Å². The SMILES string of the molecule is Cc1cccc(-n2cc(-c3ccc(Cl)cc3)nc2NC(=O)CN(C(=O)CC(C)C)C2CC2)c1. The van der Waals surface area contributed by atoms with Gasteiger partial charge in [0.15, 0.2) is 0 Å². The predicted octanol–water partition coefficient (Wildman–Crippen LogP) is 5.48. The van der Waals surface area contributed by atoms with E-state index in [1.54, 1.807) is 4.90 Å². The number of nitrogens with zero attached hydrogens (tertiary/aromatic N) is 3. The van der Waals surface area contributed by atoms with Crippen molar-refractivity contribution in [1.82, 2.24) is 14.5 Å². The van der Waals surface area contributed by atoms with Crippen LogP contribution < -0.4 is 5.32 Å². The molecule has 1 aliphatic rings. The van der Waals surface area contributed by atoms with Crippen molar-refractivity contribution < 1.29 is 9.59 Å². The number of aromatic nitrogens is 2. The first-order valence-electron chi connectivity index (χ1n) is 11.3. The molecule has 4 rings (SSSR count). The van der Waals surface area contributed by atoms with Gasteiger partial charge in [0.1, 0.15) is 6.54 Å². The van der Waals surface area contributed by atoms with Gasteiger partial charge in [-0.1, -0.05) is 49.7 Å². The fourth-order valence-corrected chi connectivity index (χ4v) is 3.92. The molecule has 1 aromatic heterocycles. The third-order valence-corrected chi connectivity index (χ3v) is 5.83. The lowest BCUT2D eigenvalue weighted by molar-refractivity contribution is -0.135. The molecular formula is C26H29ClN4O2. The number of carbonyl (C=O) groups is 2. The van der Waals surface area contributed by atoms with Gasteiger partial charge >= 0.3 is 0 Å². The first-order chi connectivity index (χ1) is 15.8. The Morgan fingerprint density at radius 1 is 1.18 bits per heavy atom. The molecule has 1 aliphatic carbocycles. The maximum atomic E-state index is 13.0. The van der Waals surface area contributed by atoms with Gasteiger partial charge in [-0.2, -0.15) is 0 Å². The standard InChI is InChI=1S/C26H29ClN4O2/c1-17(2)13-25(33)30(21-11-12-21)16-24(32)29-26-28-23(19-7-9-20(27)10-8-19)15-31(26)22-6-4-5-18(3)14-22/h4-10,14-15,17,21H,11-13,16H2,1-3H3,(H,28,29,32). The van der Waals surface area contributed by atoms with Crippen LogP contribution in [0.25, 0.3) is 16.9 Å². The number of aryl methyl sites for hydroxylation is 1. The number of imidazole rings is 1. The molecule has 6 nitrogen and oxygen atoms in total. The first kappa shape index (κ1) is 23.1. The summed E-state index contributed by atoms with van der Waals surface area (Å²) in [6.45, 7) is 6.08. The summed E-state index contributed by atoms with van der Waals surface area (Å²) in [4.78, 5) is 32.1. The van der Waals surface area contributed by atoms with Crippen LogP contribution in [0.3, 0.4) is 0 Å². The summed E-state index contributed by atoms with van der Waals surface area (Å²) in [7, 11) is 0. The minimum absolute atomic E-state index is 0.0338. The number of benzene rings is 2. The highest BCUT2D eigenvalue weighted by Gasteiger charge is 2.34. The quantitative estimate of drug-likeness (QED) is 0.480. The minimum Gasteiger partial charge on any atom is -0.330 e. The van der Waals surface area contributed by atoms with Gasteiger partial charge in [-0.3, -0.25) is 19.5 Å². The summed E-state index contributed by atoms with van der Waals surface area (Å²) < 4.78 is 1.87. The van der Waals surface area contributed by atoms with E-state index in [4.69, 9.17) is 16.6 Å². The van der Waals surface area contributed by atoms with Crippen molar-refractivity contribution in [2.24, 2.45) is 5.92 Å². The van der Waals surface area contributed by atoms with Crippen molar-refractivity contribution in [1.29, 1.82) is 0 Å². The van der Waals surface area contributed by atoms with Crippen LogP contribution in [0.1, 0.15) is 38.7 Å². The van der Waals surface area contributed by atoms with Gasteiger partial charge in [0.25, 0.3) is 0 Å². The summed E-state index contributed by atoms with van der Waals surface area (Å²) in [6.07, 6.45) is 4.25. The van der Waals surface area contributed by atoms with Crippen molar-refractivity contribution in [3.8, 4) is 16.9 Å². The zero-order chi connectivity index (χ0) is 23.5. The molecule has 3 aromatic rings. The van der Waals surface area contributed by atoms with Gasteiger partial charge in [0, 0.05) is 34.9 Å². The zero-order valence-corrected chi connectivity index (χ0v) is 20.0. The van der Waals surface area contributed by atoms with Crippen LogP contribution in [0.4, 0.5) is 5.95 Å².